The van der Waals surface area contributed by atoms with Gasteiger partial charge in [-0.3, -0.25) is 4.79 Å². The molecule has 0 aliphatic carbocycles. The molecule has 0 atom stereocenters. The van der Waals surface area contributed by atoms with E-state index >= 15 is 0 Å². The molecule has 27 heavy (non-hydrogen) atoms. The van der Waals surface area contributed by atoms with Crippen molar-refractivity contribution in [1.29, 1.82) is 5.26 Å². The van der Waals surface area contributed by atoms with Crippen LogP contribution in [0.2, 0.25) is 0 Å². The molecule has 1 amide bonds. The number of carbonyl (C=O) groups is 1. The van der Waals surface area contributed by atoms with E-state index in [1.807, 2.05) is 11.0 Å². The van der Waals surface area contributed by atoms with Crippen LogP contribution < -0.4 is 4.90 Å². The van der Waals surface area contributed by atoms with Gasteiger partial charge in [-0.05, 0) is 36.4 Å². The first-order valence-corrected chi connectivity index (χ1v) is 8.58. The van der Waals surface area contributed by atoms with Gasteiger partial charge in [-0.2, -0.15) is 5.26 Å². The Morgan fingerprint density at radius 2 is 1.85 bits per heavy atom. The van der Waals surface area contributed by atoms with Gasteiger partial charge in [0.2, 0.25) is 0 Å². The molecular weight excluding hydrogens is 350 g/mol. The van der Waals surface area contributed by atoms with Gasteiger partial charge in [0.1, 0.15) is 29.0 Å². The summed E-state index contributed by atoms with van der Waals surface area (Å²) in [4.78, 5) is 19.4. The predicted molar refractivity (Wildman–Crippen MR) is 97.5 cm³/mol. The second-order valence-corrected chi connectivity index (χ2v) is 6.44. The lowest BCUT2D eigenvalue weighted by molar-refractivity contribution is 0.0742. The quantitative estimate of drug-likeness (QED) is 0.757. The Balaban J connectivity index is 1.49. The number of aromatic amines is 1. The van der Waals surface area contributed by atoms with E-state index in [1.54, 1.807) is 29.2 Å². The number of anilines is 1. The summed E-state index contributed by atoms with van der Waals surface area (Å²) in [6, 6.07) is 12.4. The molecule has 3 aromatic rings. The van der Waals surface area contributed by atoms with Crippen LogP contribution in [0.5, 0.6) is 0 Å². The highest BCUT2D eigenvalue weighted by atomic mass is 19.1. The molecule has 2 heterocycles. The number of halogens is 2. The highest BCUT2D eigenvalue weighted by Gasteiger charge is 2.25. The average molecular weight is 366 g/mol. The van der Waals surface area contributed by atoms with E-state index in [9.17, 15) is 18.8 Å². The lowest BCUT2D eigenvalue weighted by Crippen LogP contribution is -2.49. The van der Waals surface area contributed by atoms with Gasteiger partial charge < -0.3 is 14.8 Å². The lowest BCUT2D eigenvalue weighted by atomic mass is 10.1. The largest absolute Gasteiger partial charge is 0.367 e. The van der Waals surface area contributed by atoms with Crippen molar-refractivity contribution in [2.45, 2.75) is 0 Å². The van der Waals surface area contributed by atoms with Crippen molar-refractivity contribution in [3.05, 3.63) is 65.4 Å². The normalized spacial score (nSPS) is 14.4. The Bertz CT molecular complexity index is 1060. The topological polar surface area (TPSA) is 63.1 Å². The molecule has 1 N–H and O–H groups in total. The SMILES string of the molecule is N#Cc1c(F)cccc1N1CCN(C(=O)c2cc3cc(F)ccc3[nH]2)CC1. The monoisotopic (exact) mass is 366 g/mol. The summed E-state index contributed by atoms with van der Waals surface area (Å²) in [7, 11) is 0. The number of rotatable bonds is 2. The zero-order valence-electron chi connectivity index (χ0n) is 14.4. The van der Waals surface area contributed by atoms with Gasteiger partial charge in [-0.25, -0.2) is 8.78 Å². The maximum atomic E-state index is 13.8. The lowest BCUT2D eigenvalue weighted by Gasteiger charge is -2.36. The van der Waals surface area contributed by atoms with Crippen molar-refractivity contribution in [3.63, 3.8) is 0 Å². The molecule has 7 heteroatoms. The number of piperazine rings is 1. The maximum Gasteiger partial charge on any atom is 0.270 e. The van der Waals surface area contributed by atoms with Crippen LogP contribution in [0.15, 0.2) is 42.5 Å². The average Bonchev–Trinajstić information content (AvgIpc) is 3.10. The van der Waals surface area contributed by atoms with Gasteiger partial charge in [-0.15, -0.1) is 0 Å². The molecule has 1 aromatic heterocycles. The number of aromatic nitrogens is 1. The first kappa shape index (κ1) is 17.0. The molecule has 0 saturated carbocycles. The van der Waals surface area contributed by atoms with Gasteiger partial charge in [-0.1, -0.05) is 6.07 Å². The highest BCUT2D eigenvalue weighted by molar-refractivity contribution is 5.98. The van der Waals surface area contributed by atoms with E-state index in [1.165, 1.54) is 18.2 Å². The van der Waals surface area contributed by atoms with Crippen molar-refractivity contribution in [2.24, 2.45) is 0 Å². The van der Waals surface area contributed by atoms with E-state index in [0.717, 1.165) is 0 Å². The van der Waals surface area contributed by atoms with Gasteiger partial charge in [0.15, 0.2) is 0 Å². The second-order valence-electron chi connectivity index (χ2n) is 6.44. The summed E-state index contributed by atoms with van der Waals surface area (Å²) in [6.07, 6.45) is 0. The minimum atomic E-state index is -0.543. The van der Waals surface area contributed by atoms with Crippen LogP contribution in [0.25, 0.3) is 10.9 Å². The van der Waals surface area contributed by atoms with Crippen molar-refractivity contribution in [2.75, 3.05) is 31.1 Å². The number of carbonyl (C=O) groups excluding carboxylic acids is 1. The fourth-order valence-corrected chi connectivity index (χ4v) is 3.43. The Morgan fingerprint density at radius 1 is 1.07 bits per heavy atom. The van der Waals surface area contributed by atoms with Crippen LogP contribution in [-0.4, -0.2) is 42.0 Å². The number of benzene rings is 2. The van der Waals surface area contributed by atoms with E-state index in [4.69, 9.17) is 0 Å². The number of nitriles is 1. The third-order valence-electron chi connectivity index (χ3n) is 4.82. The molecule has 1 saturated heterocycles. The van der Waals surface area contributed by atoms with Gasteiger partial charge in [0.25, 0.3) is 5.91 Å². The zero-order valence-corrected chi connectivity index (χ0v) is 14.4. The Kier molecular flexibility index (Phi) is 4.24. The molecule has 1 aliphatic heterocycles. The van der Waals surface area contributed by atoms with Gasteiger partial charge in [0.05, 0.1) is 5.69 Å². The third-order valence-corrected chi connectivity index (χ3v) is 4.82. The molecule has 5 nitrogen and oxygen atoms in total. The molecule has 1 aliphatic rings. The minimum Gasteiger partial charge on any atom is -0.367 e. The van der Waals surface area contributed by atoms with E-state index in [0.29, 0.717) is 48.5 Å². The third kappa shape index (κ3) is 3.10. The van der Waals surface area contributed by atoms with Crippen LogP contribution >= 0.6 is 0 Å². The molecule has 136 valence electrons. The fourth-order valence-electron chi connectivity index (χ4n) is 3.43. The van der Waals surface area contributed by atoms with Crippen LogP contribution in [0.1, 0.15) is 16.1 Å². The molecule has 4 rings (SSSR count). The highest BCUT2D eigenvalue weighted by Crippen LogP contribution is 2.24. The number of nitrogens with zero attached hydrogens (tertiary/aromatic N) is 3. The summed E-state index contributed by atoms with van der Waals surface area (Å²) in [6.45, 7) is 1.89. The number of hydrogen-bond acceptors (Lipinski definition) is 3. The molecule has 2 aromatic carbocycles. The molecule has 1 fully saturated rings. The Morgan fingerprint density at radius 3 is 2.59 bits per heavy atom. The van der Waals surface area contributed by atoms with Gasteiger partial charge in [0, 0.05) is 37.1 Å². The smallest absolute Gasteiger partial charge is 0.270 e. The zero-order chi connectivity index (χ0) is 19.0. The number of H-pyrrole nitrogens is 1. The van der Waals surface area contributed by atoms with Crippen LogP contribution in [0.3, 0.4) is 0 Å². The number of fused-ring (bicyclic) bond motifs is 1. The molecule has 0 bridgehead atoms. The fraction of sp³-hybridized carbons (Fsp3) is 0.200. The standard InChI is InChI=1S/C20H16F2N4O/c21-14-4-5-17-13(10-14)11-18(24-17)20(27)26-8-6-25(7-9-26)19-3-1-2-16(22)15(19)12-23/h1-5,10-11,24H,6-9H2. The summed E-state index contributed by atoms with van der Waals surface area (Å²) in [5, 5.41) is 9.84. The molecule has 0 radical (unpaired) electrons. The maximum absolute atomic E-state index is 13.8. The molecule has 0 spiro atoms. The summed E-state index contributed by atoms with van der Waals surface area (Å²) >= 11 is 0. The number of amides is 1. The number of nitrogens with one attached hydrogen (secondary N) is 1. The Hall–Kier alpha value is -3.40. The van der Waals surface area contributed by atoms with E-state index in [-0.39, 0.29) is 17.3 Å². The minimum absolute atomic E-state index is 0.0231. The van der Waals surface area contributed by atoms with E-state index in [2.05, 4.69) is 4.98 Å². The second kappa shape index (κ2) is 6.72. The van der Waals surface area contributed by atoms with Crippen LogP contribution in [-0.2, 0) is 0 Å². The summed E-state index contributed by atoms with van der Waals surface area (Å²) in [5.41, 5.74) is 1.69. The summed E-state index contributed by atoms with van der Waals surface area (Å²) in [5.74, 6) is -1.05. The van der Waals surface area contributed by atoms with E-state index < -0.39 is 5.82 Å². The summed E-state index contributed by atoms with van der Waals surface area (Å²) < 4.78 is 27.1. The molecular formula is C20H16F2N4O. The predicted octanol–water partition coefficient (Wildman–Crippen LogP) is 3.28. The first-order valence-electron chi connectivity index (χ1n) is 8.58. The van der Waals surface area contributed by atoms with Crippen molar-refractivity contribution in [1.82, 2.24) is 9.88 Å². The molecule has 0 unspecified atom stereocenters. The van der Waals surface area contributed by atoms with Crippen molar-refractivity contribution < 1.29 is 13.6 Å². The van der Waals surface area contributed by atoms with Crippen molar-refractivity contribution in [3.8, 4) is 6.07 Å². The van der Waals surface area contributed by atoms with Crippen LogP contribution in [0.4, 0.5) is 14.5 Å². The van der Waals surface area contributed by atoms with Crippen molar-refractivity contribution >= 4 is 22.5 Å². The first-order chi connectivity index (χ1) is 13.1. The Labute approximate surface area is 154 Å². The number of hydrogen-bond donors (Lipinski definition) is 1. The van der Waals surface area contributed by atoms with Crippen LogP contribution in [0, 0.1) is 23.0 Å². The van der Waals surface area contributed by atoms with Gasteiger partial charge >= 0.3 is 0 Å².